The maximum Gasteiger partial charge on any atom is 0.106 e. The molecule has 3 N–H and O–H groups in total. The van der Waals surface area contributed by atoms with Crippen LogP contribution >= 0.6 is 22.7 Å². The van der Waals surface area contributed by atoms with E-state index in [0.717, 1.165) is 26.6 Å². The number of thiazole rings is 2. The Bertz CT molecular complexity index is 686. The minimum Gasteiger partial charge on any atom is -0.395 e. The van der Waals surface area contributed by atoms with Gasteiger partial charge in [-0.05, 0) is 19.1 Å². The predicted octanol–water partition coefficient (Wildman–Crippen LogP) is 3.26. The Morgan fingerprint density at radius 1 is 1.33 bits per heavy atom. The number of nitrogens with zero attached hydrogens (tertiary/aromatic N) is 2. The van der Waals surface area contributed by atoms with Gasteiger partial charge in [0.25, 0.3) is 0 Å². The smallest absolute Gasteiger partial charge is 0.106 e. The highest BCUT2D eigenvalue weighted by Crippen LogP contribution is 2.30. The maximum absolute atomic E-state index is 6.10. The summed E-state index contributed by atoms with van der Waals surface area (Å²) >= 11 is 3.25. The van der Waals surface area contributed by atoms with Gasteiger partial charge in [0, 0.05) is 5.38 Å². The molecule has 0 unspecified atom stereocenters. The monoisotopic (exact) mass is 276 g/mol. The molecule has 1 aromatic carbocycles. The van der Waals surface area contributed by atoms with Crippen molar-refractivity contribution < 1.29 is 0 Å². The second-order valence-corrected chi connectivity index (χ2v) is 5.89. The van der Waals surface area contributed by atoms with Crippen LogP contribution in [0.5, 0.6) is 0 Å². The highest BCUT2D eigenvalue weighted by Gasteiger charge is 2.07. The highest BCUT2D eigenvalue weighted by atomic mass is 32.1. The van der Waals surface area contributed by atoms with Crippen molar-refractivity contribution in [3.05, 3.63) is 33.7 Å². The zero-order valence-corrected chi connectivity index (χ0v) is 11.4. The molecule has 3 rings (SSSR count). The predicted molar refractivity (Wildman–Crippen MR) is 78.2 cm³/mol. The van der Waals surface area contributed by atoms with Crippen molar-refractivity contribution >= 4 is 44.3 Å². The molecule has 0 radical (unpaired) electrons. The lowest BCUT2D eigenvalue weighted by Gasteiger charge is -2.08. The average molecular weight is 276 g/mol. The van der Waals surface area contributed by atoms with Gasteiger partial charge in [-0.1, -0.05) is 0 Å². The SMILES string of the molecule is Cc1nc(CNc2ccc3scnc3c2N)cs1. The largest absolute Gasteiger partial charge is 0.395 e. The van der Waals surface area contributed by atoms with Crippen molar-refractivity contribution in [2.75, 3.05) is 11.1 Å². The van der Waals surface area contributed by atoms with Crippen LogP contribution in [-0.4, -0.2) is 9.97 Å². The normalized spacial score (nSPS) is 10.9. The molecule has 0 fully saturated rings. The molecule has 2 aromatic heterocycles. The molecule has 2 heterocycles. The first-order valence-corrected chi connectivity index (χ1v) is 7.26. The first kappa shape index (κ1) is 11.4. The number of nitrogens with two attached hydrogens (primary N) is 1. The summed E-state index contributed by atoms with van der Waals surface area (Å²) in [6, 6.07) is 4.03. The summed E-state index contributed by atoms with van der Waals surface area (Å²) < 4.78 is 1.11. The van der Waals surface area contributed by atoms with E-state index in [4.69, 9.17) is 5.73 Å². The fourth-order valence-corrected chi connectivity index (χ4v) is 3.09. The summed E-state index contributed by atoms with van der Waals surface area (Å²) in [5.41, 5.74) is 11.4. The molecule has 0 amide bonds. The number of aromatic nitrogens is 2. The van der Waals surface area contributed by atoms with Crippen LogP contribution in [0, 0.1) is 6.92 Å². The quantitative estimate of drug-likeness (QED) is 0.721. The Labute approximate surface area is 113 Å². The number of hydrogen-bond acceptors (Lipinski definition) is 6. The van der Waals surface area contributed by atoms with Crippen LogP contribution in [0.1, 0.15) is 10.7 Å². The Kier molecular flexibility index (Phi) is 2.89. The number of nitrogens with one attached hydrogen (secondary N) is 1. The molecule has 0 aliphatic rings. The lowest BCUT2D eigenvalue weighted by molar-refractivity contribution is 1.06. The van der Waals surface area contributed by atoms with E-state index in [9.17, 15) is 0 Å². The second-order valence-electron chi connectivity index (χ2n) is 3.94. The summed E-state index contributed by atoms with van der Waals surface area (Å²) in [6.45, 7) is 2.69. The Morgan fingerprint density at radius 3 is 3.00 bits per heavy atom. The maximum atomic E-state index is 6.10. The lowest BCUT2D eigenvalue weighted by atomic mass is 10.2. The van der Waals surface area contributed by atoms with E-state index in [0.29, 0.717) is 12.2 Å². The summed E-state index contributed by atoms with van der Waals surface area (Å²) in [7, 11) is 0. The van der Waals surface area contributed by atoms with Gasteiger partial charge < -0.3 is 11.1 Å². The van der Waals surface area contributed by atoms with Crippen LogP contribution in [0.25, 0.3) is 10.2 Å². The van der Waals surface area contributed by atoms with Gasteiger partial charge in [0.05, 0.1) is 38.8 Å². The molecule has 0 aliphatic heterocycles. The highest BCUT2D eigenvalue weighted by molar-refractivity contribution is 7.16. The van der Waals surface area contributed by atoms with E-state index < -0.39 is 0 Å². The van der Waals surface area contributed by atoms with Gasteiger partial charge >= 0.3 is 0 Å². The summed E-state index contributed by atoms with van der Waals surface area (Å²) in [5, 5.41) is 6.44. The van der Waals surface area contributed by atoms with Crippen LogP contribution in [0.2, 0.25) is 0 Å². The van der Waals surface area contributed by atoms with Crippen LogP contribution in [0.4, 0.5) is 11.4 Å². The third-order valence-corrected chi connectivity index (χ3v) is 4.28. The minimum atomic E-state index is 0.685. The first-order valence-electron chi connectivity index (χ1n) is 5.50. The van der Waals surface area contributed by atoms with Gasteiger partial charge in [-0.15, -0.1) is 22.7 Å². The first-order chi connectivity index (χ1) is 8.74. The van der Waals surface area contributed by atoms with Crippen molar-refractivity contribution in [1.82, 2.24) is 9.97 Å². The molecule has 3 aromatic rings. The van der Waals surface area contributed by atoms with Gasteiger partial charge in [0.15, 0.2) is 0 Å². The van der Waals surface area contributed by atoms with Crippen molar-refractivity contribution in [2.24, 2.45) is 0 Å². The third kappa shape index (κ3) is 2.04. The fourth-order valence-electron chi connectivity index (χ4n) is 1.78. The molecule has 0 saturated heterocycles. The molecule has 92 valence electrons. The number of fused-ring (bicyclic) bond motifs is 1. The molecule has 4 nitrogen and oxygen atoms in total. The molecule has 0 saturated carbocycles. The lowest BCUT2D eigenvalue weighted by Crippen LogP contribution is -2.03. The second kappa shape index (κ2) is 4.55. The zero-order valence-electron chi connectivity index (χ0n) is 9.80. The van der Waals surface area contributed by atoms with E-state index in [-0.39, 0.29) is 0 Å². The van der Waals surface area contributed by atoms with E-state index in [1.807, 2.05) is 24.6 Å². The van der Waals surface area contributed by atoms with Gasteiger partial charge in [0.2, 0.25) is 0 Å². The van der Waals surface area contributed by atoms with Crippen molar-refractivity contribution in [3.8, 4) is 0 Å². The molecule has 0 atom stereocenters. The van der Waals surface area contributed by atoms with Crippen LogP contribution in [0.3, 0.4) is 0 Å². The fraction of sp³-hybridized carbons (Fsp3) is 0.167. The summed E-state index contributed by atoms with van der Waals surface area (Å²) in [6.07, 6.45) is 0. The minimum absolute atomic E-state index is 0.685. The Morgan fingerprint density at radius 2 is 2.22 bits per heavy atom. The number of anilines is 2. The average Bonchev–Trinajstić information content (AvgIpc) is 2.97. The van der Waals surface area contributed by atoms with E-state index in [1.54, 1.807) is 22.7 Å². The van der Waals surface area contributed by atoms with Gasteiger partial charge in [-0.25, -0.2) is 9.97 Å². The number of aryl methyl sites for hydroxylation is 1. The number of nitrogen functional groups attached to an aromatic ring is 1. The van der Waals surface area contributed by atoms with Gasteiger partial charge in [0.1, 0.15) is 5.52 Å². The van der Waals surface area contributed by atoms with Crippen molar-refractivity contribution in [3.63, 3.8) is 0 Å². The number of rotatable bonds is 3. The number of benzene rings is 1. The van der Waals surface area contributed by atoms with Gasteiger partial charge in [-0.3, -0.25) is 0 Å². The summed E-state index contributed by atoms with van der Waals surface area (Å²) in [4.78, 5) is 8.69. The number of hydrogen-bond donors (Lipinski definition) is 2. The molecular weight excluding hydrogens is 264 g/mol. The Hall–Kier alpha value is -1.66. The Balaban J connectivity index is 1.84. The molecule has 0 aliphatic carbocycles. The van der Waals surface area contributed by atoms with Crippen LogP contribution in [-0.2, 0) is 6.54 Å². The molecule has 6 heteroatoms. The van der Waals surface area contributed by atoms with E-state index in [1.165, 1.54) is 0 Å². The van der Waals surface area contributed by atoms with E-state index >= 15 is 0 Å². The van der Waals surface area contributed by atoms with Crippen molar-refractivity contribution in [2.45, 2.75) is 13.5 Å². The van der Waals surface area contributed by atoms with Crippen LogP contribution < -0.4 is 11.1 Å². The molecule has 0 bridgehead atoms. The third-order valence-electron chi connectivity index (χ3n) is 2.67. The molecule has 0 spiro atoms. The van der Waals surface area contributed by atoms with Gasteiger partial charge in [-0.2, -0.15) is 0 Å². The van der Waals surface area contributed by atoms with Crippen molar-refractivity contribution in [1.29, 1.82) is 0 Å². The topological polar surface area (TPSA) is 63.8 Å². The molecular formula is C12H12N4S2. The van der Waals surface area contributed by atoms with E-state index in [2.05, 4.69) is 20.7 Å². The molecule has 18 heavy (non-hydrogen) atoms. The zero-order chi connectivity index (χ0) is 12.5. The van der Waals surface area contributed by atoms with Crippen LogP contribution in [0.15, 0.2) is 23.0 Å². The summed E-state index contributed by atoms with van der Waals surface area (Å²) in [5.74, 6) is 0. The standard InChI is InChI=1S/C12H12N4S2/c1-7-16-8(5-17-7)4-14-9-2-3-10-12(11(9)13)15-6-18-10/h2-3,5-6,14H,4,13H2,1H3.